The maximum absolute atomic E-state index is 12.5. The quantitative estimate of drug-likeness (QED) is 0.345. The fourth-order valence-electron chi connectivity index (χ4n) is 3.11. The van der Waals surface area contributed by atoms with Crippen molar-refractivity contribution in [3.63, 3.8) is 0 Å². The minimum absolute atomic E-state index is 0.134. The second-order valence-corrected chi connectivity index (χ2v) is 9.32. The summed E-state index contributed by atoms with van der Waals surface area (Å²) in [4.78, 5) is 24.8. The Labute approximate surface area is 212 Å². The van der Waals surface area contributed by atoms with Crippen molar-refractivity contribution in [3.8, 4) is 5.75 Å². The lowest BCUT2D eigenvalue weighted by atomic mass is 10.2. The molecule has 180 valence electrons. The highest BCUT2D eigenvalue weighted by molar-refractivity contribution is 9.10. The molecule has 0 bridgehead atoms. The summed E-state index contributed by atoms with van der Waals surface area (Å²) in [7, 11) is 0. The van der Waals surface area contributed by atoms with Crippen LogP contribution in [0.1, 0.15) is 32.2 Å². The Hall–Kier alpha value is -2.85. The zero-order chi connectivity index (χ0) is 24.5. The molecule has 2 amide bonds. The molecule has 2 N–H and O–H groups in total. The number of thioether (sulfide) groups is 1. The Morgan fingerprint density at radius 3 is 2.44 bits per heavy atom. The molecule has 3 rings (SSSR count). The topological polar surface area (TPSA) is 98.1 Å². The van der Waals surface area contributed by atoms with Gasteiger partial charge in [-0.3, -0.25) is 9.59 Å². The molecule has 0 saturated carbocycles. The van der Waals surface area contributed by atoms with Crippen molar-refractivity contribution in [2.75, 3.05) is 11.1 Å². The van der Waals surface area contributed by atoms with Crippen LogP contribution in [-0.4, -0.2) is 38.4 Å². The minimum Gasteiger partial charge on any atom is -0.481 e. The lowest BCUT2D eigenvalue weighted by Crippen LogP contribution is -2.36. The lowest BCUT2D eigenvalue weighted by Gasteiger charge is -2.15. The van der Waals surface area contributed by atoms with Gasteiger partial charge >= 0.3 is 0 Å². The van der Waals surface area contributed by atoms with Crippen molar-refractivity contribution >= 4 is 45.2 Å². The highest BCUT2D eigenvalue weighted by Crippen LogP contribution is 2.19. The van der Waals surface area contributed by atoms with Crippen molar-refractivity contribution in [1.29, 1.82) is 0 Å². The Morgan fingerprint density at radius 2 is 1.79 bits per heavy atom. The first-order valence-corrected chi connectivity index (χ1v) is 12.8. The van der Waals surface area contributed by atoms with Gasteiger partial charge in [0.05, 0.1) is 12.3 Å². The smallest absolute Gasteiger partial charge is 0.261 e. The van der Waals surface area contributed by atoms with E-state index >= 15 is 0 Å². The van der Waals surface area contributed by atoms with Crippen LogP contribution >= 0.6 is 27.7 Å². The second-order valence-electron chi connectivity index (χ2n) is 7.46. The molecule has 2 aromatic carbocycles. The average molecular weight is 546 g/mol. The number of amides is 2. The van der Waals surface area contributed by atoms with E-state index in [1.54, 1.807) is 6.92 Å². The van der Waals surface area contributed by atoms with E-state index in [2.05, 4.69) is 43.7 Å². The number of aromatic nitrogens is 3. The van der Waals surface area contributed by atoms with Crippen molar-refractivity contribution in [1.82, 2.24) is 20.1 Å². The van der Waals surface area contributed by atoms with Gasteiger partial charge in [0.1, 0.15) is 5.75 Å². The highest BCUT2D eigenvalue weighted by atomic mass is 79.9. The summed E-state index contributed by atoms with van der Waals surface area (Å²) < 4.78 is 8.57. The molecule has 8 nitrogen and oxygen atoms in total. The molecule has 3 aromatic rings. The Kier molecular flexibility index (Phi) is 9.52. The molecule has 0 spiro atoms. The molecule has 0 unspecified atom stereocenters. The molecule has 34 heavy (non-hydrogen) atoms. The van der Waals surface area contributed by atoms with Gasteiger partial charge in [0, 0.05) is 16.7 Å². The van der Waals surface area contributed by atoms with Crippen LogP contribution in [0.5, 0.6) is 5.75 Å². The van der Waals surface area contributed by atoms with Crippen molar-refractivity contribution < 1.29 is 14.3 Å². The fourth-order valence-corrected chi connectivity index (χ4v) is 4.19. The van der Waals surface area contributed by atoms with Gasteiger partial charge in [-0.05, 0) is 62.2 Å². The normalized spacial score (nSPS) is 11.6. The number of ether oxygens (including phenoxy) is 1. The molecular formula is C24H28BrN5O3S. The summed E-state index contributed by atoms with van der Waals surface area (Å²) >= 11 is 4.67. The molecule has 0 radical (unpaired) electrons. The predicted octanol–water partition coefficient (Wildman–Crippen LogP) is 4.44. The lowest BCUT2D eigenvalue weighted by molar-refractivity contribution is -0.127. The third kappa shape index (κ3) is 7.33. The third-order valence-electron chi connectivity index (χ3n) is 5.00. The molecule has 1 aromatic heterocycles. The van der Waals surface area contributed by atoms with E-state index in [-0.39, 0.29) is 24.1 Å². The van der Waals surface area contributed by atoms with E-state index in [0.29, 0.717) is 23.3 Å². The van der Waals surface area contributed by atoms with Crippen LogP contribution in [0.25, 0.3) is 0 Å². The number of benzene rings is 2. The first kappa shape index (κ1) is 25.8. The van der Waals surface area contributed by atoms with Crippen molar-refractivity contribution in [2.45, 2.75) is 51.5 Å². The molecule has 0 aliphatic carbocycles. The Balaban J connectivity index is 1.50. The van der Waals surface area contributed by atoms with Crippen LogP contribution < -0.4 is 15.4 Å². The minimum atomic E-state index is -0.651. The molecule has 0 aliphatic heterocycles. The first-order chi connectivity index (χ1) is 16.4. The SMILES string of the molecule is CCc1ccc(O[C@H](C)C(=O)NCc2nnc(SCC(=O)Nc3ccc(Br)cc3)n2CC)cc1. The van der Waals surface area contributed by atoms with E-state index in [9.17, 15) is 9.59 Å². The van der Waals surface area contributed by atoms with Crippen LogP contribution in [0.4, 0.5) is 5.69 Å². The number of carbonyl (C=O) groups excluding carboxylic acids is 2. The highest BCUT2D eigenvalue weighted by Gasteiger charge is 2.18. The van der Waals surface area contributed by atoms with Gasteiger partial charge in [-0.1, -0.05) is 46.7 Å². The van der Waals surface area contributed by atoms with E-state index in [0.717, 1.165) is 16.6 Å². The first-order valence-electron chi connectivity index (χ1n) is 11.0. The van der Waals surface area contributed by atoms with Gasteiger partial charge in [0.25, 0.3) is 5.91 Å². The molecule has 10 heteroatoms. The number of nitrogens with zero attached hydrogens (tertiary/aromatic N) is 3. The number of carbonyl (C=O) groups is 2. The Bertz CT molecular complexity index is 1100. The second kappa shape index (κ2) is 12.6. The Morgan fingerprint density at radius 1 is 1.09 bits per heavy atom. The number of hydrogen-bond donors (Lipinski definition) is 2. The van der Waals surface area contributed by atoms with Crippen LogP contribution in [-0.2, 0) is 29.1 Å². The number of anilines is 1. The largest absolute Gasteiger partial charge is 0.481 e. The number of aryl methyl sites for hydroxylation is 1. The fraction of sp³-hybridized carbons (Fsp3) is 0.333. The average Bonchev–Trinajstić information content (AvgIpc) is 3.24. The van der Waals surface area contributed by atoms with Crippen LogP contribution in [0.2, 0.25) is 0 Å². The summed E-state index contributed by atoms with van der Waals surface area (Å²) in [5.41, 5.74) is 1.94. The zero-order valence-corrected chi connectivity index (χ0v) is 21.8. The maximum Gasteiger partial charge on any atom is 0.261 e. The van der Waals surface area contributed by atoms with Crippen LogP contribution in [0.15, 0.2) is 58.2 Å². The van der Waals surface area contributed by atoms with Gasteiger partial charge in [-0.15, -0.1) is 10.2 Å². The van der Waals surface area contributed by atoms with Gasteiger partial charge < -0.3 is 19.9 Å². The number of hydrogen-bond acceptors (Lipinski definition) is 6. The van der Waals surface area contributed by atoms with Gasteiger partial charge in [-0.25, -0.2) is 0 Å². The van der Waals surface area contributed by atoms with Crippen molar-refractivity contribution in [3.05, 3.63) is 64.4 Å². The monoisotopic (exact) mass is 545 g/mol. The summed E-state index contributed by atoms with van der Waals surface area (Å²) in [5, 5.41) is 14.7. The summed E-state index contributed by atoms with van der Waals surface area (Å²) in [6, 6.07) is 15.1. The molecule has 1 heterocycles. The molecular weight excluding hydrogens is 518 g/mol. The van der Waals surface area contributed by atoms with E-state index in [1.165, 1.54) is 17.3 Å². The summed E-state index contributed by atoms with van der Waals surface area (Å²) in [5.74, 6) is 1.09. The third-order valence-corrected chi connectivity index (χ3v) is 6.50. The van der Waals surface area contributed by atoms with E-state index in [1.807, 2.05) is 60.0 Å². The number of halogens is 1. The van der Waals surface area contributed by atoms with Crippen LogP contribution in [0, 0.1) is 0 Å². The van der Waals surface area contributed by atoms with Gasteiger partial charge in [-0.2, -0.15) is 0 Å². The molecule has 0 aliphatic rings. The number of rotatable bonds is 11. The number of nitrogens with one attached hydrogen (secondary N) is 2. The zero-order valence-electron chi connectivity index (χ0n) is 19.4. The maximum atomic E-state index is 12.5. The molecule has 1 atom stereocenters. The van der Waals surface area contributed by atoms with Gasteiger partial charge in [0.2, 0.25) is 5.91 Å². The molecule has 0 fully saturated rings. The van der Waals surface area contributed by atoms with E-state index in [4.69, 9.17) is 4.74 Å². The van der Waals surface area contributed by atoms with Gasteiger partial charge in [0.15, 0.2) is 17.1 Å². The van der Waals surface area contributed by atoms with Crippen molar-refractivity contribution in [2.24, 2.45) is 0 Å². The molecule has 0 saturated heterocycles. The summed E-state index contributed by atoms with van der Waals surface area (Å²) in [6.45, 7) is 6.59. The standard InChI is InChI=1S/C24H28BrN5O3S/c1-4-17-6-12-20(13-7-17)33-16(3)23(32)26-14-21-28-29-24(30(21)5-2)34-15-22(31)27-19-10-8-18(25)9-11-19/h6-13,16H,4-5,14-15H2,1-3H3,(H,26,32)(H,27,31)/t16-/m1/s1. The predicted molar refractivity (Wildman–Crippen MR) is 137 cm³/mol. The summed E-state index contributed by atoms with van der Waals surface area (Å²) in [6.07, 6.45) is 0.298. The van der Waals surface area contributed by atoms with E-state index < -0.39 is 6.10 Å². The van der Waals surface area contributed by atoms with Crippen LogP contribution in [0.3, 0.4) is 0 Å².